The van der Waals surface area contributed by atoms with Crippen molar-refractivity contribution in [3.63, 3.8) is 0 Å². The Balaban J connectivity index is 1.80. The van der Waals surface area contributed by atoms with Crippen LogP contribution in [0.2, 0.25) is 0 Å². The van der Waals surface area contributed by atoms with Gasteiger partial charge in [0.1, 0.15) is 5.69 Å². The molecule has 1 aliphatic heterocycles. The van der Waals surface area contributed by atoms with Crippen LogP contribution in [0.4, 0.5) is 11.4 Å². The van der Waals surface area contributed by atoms with Crippen molar-refractivity contribution in [3.8, 4) is 0 Å². The lowest BCUT2D eigenvalue weighted by atomic mass is 9.94. The van der Waals surface area contributed by atoms with E-state index in [1.54, 1.807) is 28.0 Å². The van der Waals surface area contributed by atoms with Gasteiger partial charge in [0, 0.05) is 50.6 Å². The third-order valence-electron chi connectivity index (χ3n) is 4.32. The van der Waals surface area contributed by atoms with Gasteiger partial charge in [-0.1, -0.05) is 32.9 Å². The summed E-state index contributed by atoms with van der Waals surface area (Å²) >= 11 is 0. The molecule has 0 atom stereocenters. The van der Waals surface area contributed by atoms with Crippen LogP contribution in [0.3, 0.4) is 0 Å². The van der Waals surface area contributed by atoms with Gasteiger partial charge in [0.05, 0.1) is 4.92 Å². The summed E-state index contributed by atoms with van der Waals surface area (Å²) in [6.45, 7) is 8.12. The highest BCUT2D eigenvalue weighted by atomic mass is 16.6. The van der Waals surface area contributed by atoms with Gasteiger partial charge in [0.25, 0.3) is 5.69 Å². The number of hydrogen-bond acceptors (Lipinski definition) is 5. The predicted octanol–water partition coefficient (Wildman–Crippen LogP) is 2.11. The Morgan fingerprint density at radius 1 is 1.12 bits per heavy atom. The van der Waals surface area contributed by atoms with E-state index in [2.05, 4.69) is 5.32 Å². The van der Waals surface area contributed by atoms with Gasteiger partial charge in [0.15, 0.2) is 0 Å². The average Bonchev–Trinajstić information content (AvgIpc) is 2.60. The summed E-state index contributed by atoms with van der Waals surface area (Å²) in [5.74, 6) is 0.0848. The third-order valence-corrected chi connectivity index (χ3v) is 4.32. The van der Waals surface area contributed by atoms with Gasteiger partial charge in [0.2, 0.25) is 11.8 Å². The van der Waals surface area contributed by atoms with Crippen molar-refractivity contribution < 1.29 is 14.5 Å². The molecule has 2 rings (SSSR count). The van der Waals surface area contributed by atoms with Crippen molar-refractivity contribution in [1.29, 1.82) is 0 Å². The number of para-hydroxylation sites is 2. The number of nitro groups is 1. The lowest BCUT2D eigenvalue weighted by molar-refractivity contribution is -0.384. The lowest BCUT2D eigenvalue weighted by Crippen LogP contribution is -2.53. The third kappa shape index (κ3) is 4.93. The molecule has 2 amide bonds. The first-order valence-corrected chi connectivity index (χ1v) is 8.74. The number of carbonyl (C=O) groups excluding carboxylic acids is 2. The van der Waals surface area contributed by atoms with E-state index < -0.39 is 10.3 Å². The molecule has 1 aromatic rings. The monoisotopic (exact) mass is 362 g/mol. The zero-order valence-electron chi connectivity index (χ0n) is 15.5. The largest absolute Gasteiger partial charge is 0.379 e. The van der Waals surface area contributed by atoms with Gasteiger partial charge in [-0.25, -0.2) is 0 Å². The number of nitrogens with zero attached hydrogens (tertiary/aromatic N) is 3. The fourth-order valence-electron chi connectivity index (χ4n) is 2.88. The Hall–Kier alpha value is -2.64. The molecule has 8 heteroatoms. The Bertz CT molecular complexity index is 676. The van der Waals surface area contributed by atoms with E-state index >= 15 is 0 Å². The Morgan fingerprint density at radius 2 is 1.69 bits per heavy atom. The summed E-state index contributed by atoms with van der Waals surface area (Å²) in [6.07, 6.45) is 0.249. The summed E-state index contributed by atoms with van der Waals surface area (Å²) in [5.41, 5.74) is -0.0133. The van der Waals surface area contributed by atoms with Crippen molar-refractivity contribution in [2.75, 3.05) is 38.0 Å². The molecule has 1 aromatic carbocycles. The molecule has 1 heterocycles. The number of hydrogen-bond donors (Lipinski definition) is 1. The van der Waals surface area contributed by atoms with Crippen LogP contribution in [-0.4, -0.2) is 59.3 Å². The molecule has 0 aromatic heterocycles. The van der Waals surface area contributed by atoms with Crippen molar-refractivity contribution in [3.05, 3.63) is 34.4 Å². The van der Waals surface area contributed by atoms with Gasteiger partial charge in [-0.3, -0.25) is 19.7 Å². The molecular weight excluding hydrogens is 336 g/mol. The number of nitro benzene ring substituents is 1. The minimum absolute atomic E-state index is 0.00532. The summed E-state index contributed by atoms with van der Waals surface area (Å²) < 4.78 is 0. The molecule has 26 heavy (non-hydrogen) atoms. The second-order valence-corrected chi connectivity index (χ2v) is 7.37. The van der Waals surface area contributed by atoms with Crippen LogP contribution < -0.4 is 5.32 Å². The molecule has 1 aliphatic rings. The van der Waals surface area contributed by atoms with Crippen LogP contribution >= 0.6 is 0 Å². The van der Waals surface area contributed by atoms with E-state index in [4.69, 9.17) is 0 Å². The minimum Gasteiger partial charge on any atom is -0.379 e. The van der Waals surface area contributed by atoms with Crippen molar-refractivity contribution in [2.45, 2.75) is 27.2 Å². The predicted molar refractivity (Wildman–Crippen MR) is 98.8 cm³/mol. The van der Waals surface area contributed by atoms with E-state index in [-0.39, 0.29) is 23.9 Å². The fraction of sp³-hybridized carbons (Fsp3) is 0.556. The molecule has 1 saturated heterocycles. The molecule has 8 nitrogen and oxygen atoms in total. The summed E-state index contributed by atoms with van der Waals surface area (Å²) in [7, 11) is 0. The molecule has 0 unspecified atom stereocenters. The lowest BCUT2D eigenvalue weighted by Gasteiger charge is -2.37. The molecule has 142 valence electrons. The van der Waals surface area contributed by atoms with E-state index in [0.29, 0.717) is 38.4 Å². The van der Waals surface area contributed by atoms with Gasteiger partial charge in [-0.2, -0.15) is 0 Å². The number of nitrogens with one attached hydrogen (secondary N) is 1. The smallest absolute Gasteiger partial charge is 0.292 e. The maximum Gasteiger partial charge on any atom is 0.292 e. The second kappa shape index (κ2) is 8.16. The van der Waals surface area contributed by atoms with Crippen LogP contribution in [0.25, 0.3) is 0 Å². The maximum absolute atomic E-state index is 12.3. The topological polar surface area (TPSA) is 95.8 Å². The van der Waals surface area contributed by atoms with E-state index in [1.807, 2.05) is 20.8 Å². The van der Waals surface area contributed by atoms with Crippen molar-refractivity contribution in [2.24, 2.45) is 5.41 Å². The zero-order chi connectivity index (χ0) is 19.3. The van der Waals surface area contributed by atoms with Gasteiger partial charge in [-0.05, 0) is 6.07 Å². The SMILES string of the molecule is CC(C)(C)C(=O)N1CCN(C(=O)CCNc2ccccc2[N+](=O)[O-])CC1. The number of anilines is 1. The number of carbonyl (C=O) groups is 2. The molecular formula is C18H26N4O4. The number of piperazine rings is 1. The molecule has 0 radical (unpaired) electrons. The molecule has 0 spiro atoms. The molecule has 0 saturated carbocycles. The zero-order valence-corrected chi connectivity index (χ0v) is 15.5. The molecule has 0 aliphatic carbocycles. The Labute approximate surface area is 153 Å². The fourth-order valence-corrected chi connectivity index (χ4v) is 2.88. The van der Waals surface area contributed by atoms with Crippen LogP contribution in [0.15, 0.2) is 24.3 Å². The Kier molecular flexibility index (Phi) is 6.18. The first kappa shape index (κ1) is 19.7. The van der Waals surface area contributed by atoms with Crippen LogP contribution in [0.1, 0.15) is 27.2 Å². The Morgan fingerprint density at radius 3 is 2.27 bits per heavy atom. The van der Waals surface area contributed by atoms with Gasteiger partial charge in [-0.15, -0.1) is 0 Å². The van der Waals surface area contributed by atoms with E-state index in [0.717, 1.165) is 0 Å². The van der Waals surface area contributed by atoms with Crippen molar-refractivity contribution in [1.82, 2.24) is 9.80 Å². The quantitative estimate of drug-likeness (QED) is 0.639. The molecule has 0 bridgehead atoms. The summed E-state index contributed by atoms with van der Waals surface area (Å²) in [6, 6.07) is 6.37. The maximum atomic E-state index is 12.3. The molecule has 1 fully saturated rings. The van der Waals surface area contributed by atoms with Crippen LogP contribution in [0.5, 0.6) is 0 Å². The standard InChI is InChI=1S/C18H26N4O4/c1-18(2,3)17(24)21-12-10-20(11-13-21)16(23)8-9-19-14-6-4-5-7-15(14)22(25)26/h4-7,19H,8-13H2,1-3H3. The van der Waals surface area contributed by atoms with E-state index in [1.165, 1.54) is 6.07 Å². The number of benzene rings is 1. The number of amides is 2. The van der Waals surface area contributed by atoms with Gasteiger partial charge >= 0.3 is 0 Å². The number of rotatable bonds is 5. The summed E-state index contributed by atoms with van der Waals surface area (Å²) in [5, 5.41) is 13.9. The first-order valence-electron chi connectivity index (χ1n) is 8.74. The normalized spacial score (nSPS) is 14.9. The highest BCUT2D eigenvalue weighted by molar-refractivity contribution is 5.82. The first-order chi connectivity index (χ1) is 12.2. The molecule has 1 N–H and O–H groups in total. The summed E-state index contributed by atoms with van der Waals surface area (Å²) in [4.78, 5) is 38.7. The van der Waals surface area contributed by atoms with Gasteiger partial charge < -0.3 is 15.1 Å². The highest BCUT2D eigenvalue weighted by Gasteiger charge is 2.30. The average molecular weight is 362 g/mol. The second-order valence-electron chi connectivity index (χ2n) is 7.37. The highest BCUT2D eigenvalue weighted by Crippen LogP contribution is 2.23. The van der Waals surface area contributed by atoms with Crippen LogP contribution in [-0.2, 0) is 9.59 Å². The van der Waals surface area contributed by atoms with Crippen molar-refractivity contribution >= 4 is 23.2 Å². The van der Waals surface area contributed by atoms with E-state index in [9.17, 15) is 19.7 Å². The van der Waals surface area contributed by atoms with Crippen LogP contribution in [0, 0.1) is 15.5 Å². The minimum atomic E-state index is -0.449.